The van der Waals surface area contributed by atoms with Gasteiger partial charge in [-0.3, -0.25) is 9.78 Å². The van der Waals surface area contributed by atoms with Crippen LogP contribution in [0, 0.1) is 0 Å². The van der Waals surface area contributed by atoms with Gasteiger partial charge in [-0.15, -0.1) is 0 Å². The van der Waals surface area contributed by atoms with Gasteiger partial charge in [0, 0.05) is 31.5 Å². The number of amides is 1. The number of aromatic nitrogens is 1. The normalized spacial score (nSPS) is 11.9. The van der Waals surface area contributed by atoms with E-state index in [9.17, 15) is 26.7 Å². The van der Waals surface area contributed by atoms with Crippen molar-refractivity contribution < 1.29 is 26.7 Å². The van der Waals surface area contributed by atoms with E-state index < -0.39 is 41.4 Å². The van der Waals surface area contributed by atoms with Gasteiger partial charge in [0.05, 0.1) is 22.7 Å². The highest BCUT2D eigenvalue weighted by molar-refractivity contribution is 6.31. The minimum atomic E-state index is -4.80. The predicted octanol–water partition coefficient (Wildman–Crippen LogP) is 6.01. The summed E-state index contributed by atoms with van der Waals surface area (Å²) in [7, 11) is 3.76. The van der Waals surface area contributed by atoms with Crippen molar-refractivity contribution in [2.75, 3.05) is 25.5 Å². The molecule has 3 rings (SSSR count). The number of alkyl halides is 5. The highest BCUT2D eigenvalue weighted by Gasteiger charge is 2.38. The summed E-state index contributed by atoms with van der Waals surface area (Å²) in [6, 6.07) is 12.5. The molecule has 33 heavy (non-hydrogen) atoms. The third-order valence-electron chi connectivity index (χ3n) is 4.85. The molecule has 1 amide bonds. The zero-order valence-corrected chi connectivity index (χ0v) is 18.3. The molecule has 1 aromatic heterocycles. The Hall–Kier alpha value is -3.20. The average Bonchev–Trinajstić information content (AvgIpc) is 2.76. The summed E-state index contributed by atoms with van der Waals surface area (Å²) in [6.07, 6.45) is -3.58. The van der Waals surface area contributed by atoms with E-state index in [2.05, 4.69) is 4.98 Å². The van der Waals surface area contributed by atoms with Crippen molar-refractivity contribution in [3.63, 3.8) is 0 Å². The molecule has 0 spiro atoms. The summed E-state index contributed by atoms with van der Waals surface area (Å²) in [5.41, 5.74) is -0.594. The van der Waals surface area contributed by atoms with Crippen LogP contribution >= 0.6 is 11.6 Å². The van der Waals surface area contributed by atoms with Crippen LogP contribution in [0.25, 0.3) is 11.1 Å². The van der Waals surface area contributed by atoms with Gasteiger partial charge in [-0.25, -0.2) is 0 Å². The smallest absolute Gasteiger partial charge is 0.378 e. The van der Waals surface area contributed by atoms with Gasteiger partial charge in [0.2, 0.25) is 0 Å². The lowest BCUT2D eigenvalue weighted by molar-refractivity contribution is -0.137. The van der Waals surface area contributed by atoms with Gasteiger partial charge >= 0.3 is 12.1 Å². The molecule has 0 fully saturated rings. The van der Waals surface area contributed by atoms with Crippen molar-refractivity contribution in [2.24, 2.45) is 0 Å². The molecule has 0 saturated heterocycles. The van der Waals surface area contributed by atoms with Crippen LogP contribution in [0.3, 0.4) is 0 Å². The maximum absolute atomic E-state index is 14.7. The van der Waals surface area contributed by atoms with Crippen LogP contribution in [0.2, 0.25) is 5.02 Å². The largest absolute Gasteiger partial charge is 0.417 e. The molecule has 0 unspecified atom stereocenters. The molecule has 0 radical (unpaired) electrons. The number of nitrogens with zero attached hydrogens (tertiary/aromatic N) is 2. The number of hydrogen-bond donors (Lipinski definition) is 1. The van der Waals surface area contributed by atoms with Gasteiger partial charge in [0.1, 0.15) is 5.69 Å². The lowest BCUT2D eigenvalue weighted by Crippen LogP contribution is -2.36. The molecule has 10 heteroatoms. The summed E-state index contributed by atoms with van der Waals surface area (Å²) < 4.78 is 68.7. The van der Waals surface area contributed by atoms with E-state index in [0.29, 0.717) is 17.2 Å². The monoisotopic (exact) mass is 483 g/mol. The van der Waals surface area contributed by atoms with E-state index in [1.54, 1.807) is 12.1 Å². The van der Waals surface area contributed by atoms with Crippen LogP contribution in [0.4, 0.5) is 27.6 Å². The first-order chi connectivity index (χ1) is 15.4. The topological polar surface area (TPSA) is 45.2 Å². The van der Waals surface area contributed by atoms with Crippen LogP contribution < -0.4 is 10.2 Å². The average molecular weight is 484 g/mol. The first kappa shape index (κ1) is 24.4. The second kappa shape index (κ2) is 9.35. The highest BCUT2D eigenvalue weighted by atomic mass is 35.5. The van der Waals surface area contributed by atoms with Crippen molar-refractivity contribution in [1.29, 1.82) is 0 Å². The Bertz CT molecular complexity index is 1150. The molecule has 0 aliphatic rings. The minimum Gasteiger partial charge on any atom is -0.378 e. The molecule has 0 aliphatic heterocycles. The Morgan fingerprint density at radius 3 is 2.21 bits per heavy atom. The van der Waals surface area contributed by atoms with E-state index >= 15 is 0 Å². The minimum absolute atomic E-state index is 0.334. The van der Waals surface area contributed by atoms with Crippen molar-refractivity contribution >= 4 is 23.2 Å². The Balaban J connectivity index is 1.77. The SMILES string of the molecule is CN(C)c1ccc(-c2cnc(C(F)(F)CNC(=O)c3ccccc3C(F)(F)F)c(Cl)c2)cc1. The number of pyridine rings is 1. The Morgan fingerprint density at radius 1 is 1.00 bits per heavy atom. The third-order valence-corrected chi connectivity index (χ3v) is 5.14. The van der Waals surface area contributed by atoms with Gasteiger partial charge in [0.25, 0.3) is 5.91 Å². The van der Waals surface area contributed by atoms with Gasteiger partial charge in [-0.2, -0.15) is 22.0 Å². The van der Waals surface area contributed by atoms with Crippen LogP contribution in [0.15, 0.2) is 60.8 Å². The van der Waals surface area contributed by atoms with E-state index in [4.69, 9.17) is 11.6 Å². The quantitative estimate of drug-likeness (QED) is 0.437. The van der Waals surface area contributed by atoms with E-state index in [-0.39, 0.29) is 5.02 Å². The summed E-state index contributed by atoms with van der Waals surface area (Å²) in [5, 5.41) is 1.51. The fourth-order valence-corrected chi connectivity index (χ4v) is 3.42. The Morgan fingerprint density at radius 2 is 1.64 bits per heavy atom. The van der Waals surface area contributed by atoms with Gasteiger partial charge in [-0.05, 0) is 35.9 Å². The van der Waals surface area contributed by atoms with Crippen molar-refractivity contribution in [1.82, 2.24) is 10.3 Å². The Labute approximate surface area is 192 Å². The molecule has 0 aliphatic carbocycles. The molecule has 2 aromatic carbocycles. The number of carbonyl (C=O) groups is 1. The number of anilines is 1. The molecule has 0 bridgehead atoms. The summed E-state index contributed by atoms with van der Waals surface area (Å²) >= 11 is 6.05. The zero-order chi connectivity index (χ0) is 24.4. The lowest BCUT2D eigenvalue weighted by Gasteiger charge is -2.19. The molecule has 0 atom stereocenters. The van der Waals surface area contributed by atoms with Crippen molar-refractivity contribution in [3.8, 4) is 11.1 Å². The first-order valence-electron chi connectivity index (χ1n) is 9.66. The standard InChI is InChI=1S/C23H19ClF5N3O/c1-32(2)16-9-7-14(8-10-16)15-11-19(24)20(30-12-15)22(25,26)13-31-21(33)17-5-3-4-6-18(17)23(27,28)29/h3-12H,13H2,1-2H3,(H,31,33). The maximum Gasteiger partial charge on any atom is 0.417 e. The number of hydrogen-bond acceptors (Lipinski definition) is 3. The number of carbonyl (C=O) groups excluding carboxylic acids is 1. The van der Waals surface area contributed by atoms with Crippen molar-refractivity contribution in [3.05, 3.63) is 82.6 Å². The lowest BCUT2D eigenvalue weighted by atomic mass is 10.1. The summed E-state index contributed by atoms with van der Waals surface area (Å²) in [4.78, 5) is 17.9. The maximum atomic E-state index is 14.7. The predicted molar refractivity (Wildman–Crippen MR) is 117 cm³/mol. The molecular weight excluding hydrogens is 465 g/mol. The second-order valence-corrected chi connectivity index (χ2v) is 7.83. The van der Waals surface area contributed by atoms with E-state index in [1.807, 2.05) is 36.4 Å². The van der Waals surface area contributed by atoms with E-state index in [1.165, 1.54) is 18.3 Å². The summed E-state index contributed by atoms with van der Waals surface area (Å²) in [5.74, 6) is -5.00. The van der Waals surface area contributed by atoms with Crippen LogP contribution in [0.5, 0.6) is 0 Å². The molecule has 3 aromatic rings. The zero-order valence-electron chi connectivity index (χ0n) is 17.6. The Kier molecular flexibility index (Phi) is 6.92. The molecule has 0 saturated carbocycles. The van der Waals surface area contributed by atoms with Crippen LogP contribution in [-0.2, 0) is 12.1 Å². The summed E-state index contributed by atoms with van der Waals surface area (Å²) in [6.45, 7) is -1.28. The molecule has 1 heterocycles. The number of rotatable bonds is 6. The molecule has 174 valence electrons. The number of benzene rings is 2. The number of nitrogens with one attached hydrogen (secondary N) is 1. The molecular formula is C23H19ClF5N3O. The molecule has 4 nitrogen and oxygen atoms in total. The highest BCUT2D eigenvalue weighted by Crippen LogP contribution is 2.35. The van der Waals surface area contributed by atoms with E-state index in [0.717, 1.165) is 17.8 Å². The van der Waals surface area contributed by atoms with Gasteiger partial charge in [0.15, 0.2) is 0 Å². The van der Waals surface area contributed by atoms with Gasteiger partial charge in [-0.1, -0.05) is 35.9 Å². The third kappa shape index (κ3) is 5.60. The second-order valence-electron chi connectivity index (χ2n) is 7.43. The first-order valence-corrected chi connectivity index (χ1v) is 10.0. The fourth-order valence-electron chi connectivity index (χ4n) is 3.12. The molecule has 1 N–H and O–H groups in total. The number of halogens is 6. The fraction of sp³-hybridized carbons (Fsp3) is 0.217. The van der Waals surface area contributed by atoms with Crippen LogP contribution in [0.1, 0.15) is 21.6 Å². The van der Waals surface area contributed by atoms with Crippen molar-refractivity contribution in [2.45, 2.75) is 12.1 Å². The van der Waals surface area contributed by atoms with Crippen LogP contribution in [-0.4, -0.2) is 31.5 Å². The van der Waals surface area contributed by atoms with Gasteiger partial charge < -0.3 is 10.2 Å².